The Hall–Kier alpha value is -1.76. The summed E-state index contributed by atoms with van der Waals surface area (Å²) in [7, 11) is 0. The molecule has 0 bridgehead atoms. The summed E-state index contributed by atoms with van der Waals surface area (Å²) >= 11 is 0. The van der Waals surface area contributed by atoms with Gasteiger partial charge < -0.3 is 33.6 Å². The van der Waals surface area contributed by atoms with Gasteiger partial charge in [-0.15, -0.1) is 11.4 Å². The number of hydrogen-bond donors (Lipinski definition) is 0. The zero-order valence-corrected chi connectivity index (χ0v) is 18.5. The van der Waals surface area contributed by atoms with Gasteiger partial charge in [-0.1, -0.05) is 62.4 Å². The summed E-state index contributed by atoms with van der Waals surface area (Å²) in [6.45, 7) is 6.27. The Bertz CT molecular complexity index is 809. The van der Waals surface area contributed by atoms with Crippen LogP contribution in [0.25, 0.3) is 55.1 Å². The molecule has 0 saturated carbocycles. The van der Waals surface area contributed by atoms with Gasteiger partial charge in [0.15, 0.2) is 0 Å². The minimum Gasteiger partial charge on any atom is -0.699 e. The molecule has 7 heteroatoms. The van der Waals surface area contributed by atoms with Crippen LogP contribution in [0.4, 0.5) is 11.4 Å². The van der Waals surface area contributed by atoms with Crippen LogP contribution in [0, 0.1) is 0 Å². The van der Waals surface area contributed by atoms with E-state index in [2.05, 4.69) is 10.6 Å². The van der Waals surface area contributed by atoms with Gasteiger partial charge in [-0.05, 0) is 21.5 Å². The molecule has 4 N–H and O–H groups in total. The van der Waals surface area contributed by atoms with Crippen molar-refractivity contribution in [2.45, 2.75) is 25.9 Å². The van der Waals surface area contributed by atoms with Gasteiger partial charge in [-0.2, -0.15) is 38.3 Å². The second-order valence-corrected chi connectivity index (χ2v) is 6.90. The Labute approximate surface area is 186 Å². The molecule has 3 rings (SSSR count). The van der Waals surface area contributed by atoms with Crippen molar-refractivity contribution in [3.63, 3.8) is 0 Å². The maximum absolute atomic E-state index is 7.98. The van der Waals surface area contributed by atoms with E-state index in [1.54, 1.807) is 0 Å². The molecule has 1 radical (unpaired) electrons. The van der Waals surface area contributed by atoms with E-state index in [9.17, 15) is 0 Å². The third kappa shape index (κ3) is 7.54. The van der Waals surface area contributed by atoms with E-state index in [1.165, 1.54) is 0 Å². The van der Waals surface area contributed by atoms with E-state index >= 15 is 0 Å². The van der Waals surface area contributed by atoms with Crippen molar-refractivity contribution in [2.24, 2.45) is 0 Å². The van der Waals surface area contributed by atoms with E-state index in [0.29, 0.717) is 37.6 Å². The van der Waals surface area contributed by atoms with Crippen molar-refractivity contribution < 1.29 is 19.5 Å². The summed E-state index contributed by atoms with van der Waals surface area (Å²) in [4.78, 5) is 0. The van der Waals surface area contributed by atoms with Gasteiger partial charge in [0.1, 0.15) is 0 Å². The van der Waals surface area contributed by atoms with E-state index < -0.39 is 0 Å². The second-order valence-electron chi connectivity index (χ2n) is 6.90. The number of nitrogens with one attached hydrogen (secondary N) is 4. The molecule has 0 amide bonds. The third-order valence-corrected chi connectivity index (χ3v) is 4.16. The third-order valence-electron chi connectivity index (χ3n) is 4.16. The SMILES string of the molecule is C[C@@H]([NH-])C[N-]CC[N-]C[C@@H](C)[NH-].[NH-]c1c([NH-])c2ccccc2c2ccccc12.[Rh]. The quantitative estimate of drug-likeness (QED) is 0.185. The van der Waals surface area contributed by atoms with Crippen LogP contribution < -0.4 is 0 Å². The van der Waals surface area contributed by atoms with Gasteiger partial charge in [0.2, 0.25) is 0 Å². The van der Waals surface area contributed by atoms with Crippen LogP contribution >= 0.6 is 0 Å². The van der Waals surface area contributed by atoms with Crippen molar-refractivity contribution in [1.29, 1.82) is 0 Å². The molecule has 0 heterocycles. The Kier molecular flexibility index (Phi) is 11.1. The van der Waals surface area contributed by atoms with Crippen LogP contribution in [-0.4, -0.2) is 38.3 Å². The topological polar surface area (TPSA) is 123 Å². The number of hydrogen-bond acceptors (Lipinski definition) is 0. The van der Waals surface area contributed by atoms with Gasteiger partial charge in [-0.3, -0.25) is 0 Å². The Morgan fingerprint density at radius 3 is 1.28 bits per heavy atom. The van der Waals surface area contributed by atoms with Gasteiger partial charge in [0.25, 0.3) is 0 Å². The van der Waals surface area contributed by atoms with Crippen LogP contribution in [0.1, 0.15) is 13.8 Å². The van der Waals surface area contributed by atoms with Crippen molar-refractivity contribution in [3.8, 4) is 0 Å². The Morgan fingerprint density at radius 2 is 0.966 bits per heavy atom. The van der Waals surface area contributed by atoms with E-state index in [-0.39, 0.29) is 31.6 Å². The normalized spacial score (nSPS) is 12.7. The summed E-state index contributed by atoms with van der Waals surface area (Å²) in [6, 6.07) is 15.4. The Morgan fingerprint density at radius 1 is 0.655 bits per heavy atom. The zero-order chi connectivity index (χ0) is 20.5. The van der Waals surface area contributed by atoms with Crippen molar-refractivity contribution in [3.05, 3.63) is 82.1 Å². The largest absolute Gasteiger partial charge is 0.699 e. The molecule has 0 aromatic heterocycles. The molecule has 0 aliphatic carbocycles. The number of nitrogens with zero attached hydrogens (tertiary/aromatic N) is 2. The summed E-state index contributed by atoms with van der Waals surface area (Å²) in [5, 5.41) is 12.1. The molecular formula is C22H28N6Rh-6. The molecule has 0 unspecified atom stereocenters. The van der Waals surface area contributed by atoms with Crippen molar-refractivity contribution >= 4 is 32.9 Å². The smallest absolute Gasteiger partial charge is 0 e. The van der Waals surface area contributed by atoms with E-state index in [0.717, 1.165) is 21.5 Å². The molecule has 0 aliphatic rings. The van der Waals surface area contributed by atoms with Crippen LogP contribution in [0.15, 0.2) is 48.5 Å². The first kappa shape index (κ1) is 25.3. The number of fused-ring (bicyclic) bond motifs is 3. The van der Waals surface area contributed by atoms with Crippen LogP contribution in [0.2, 0.25) is 0 Å². The first-order chi connectivity index (χ1) is 13.4. The van der Waals surface area contributed by atoms with Gasteiger partial charge in [0.05, 0.1) is 0 Å². The van der Waals surface area contributed by atoms with Crippen LogP contribution in [-0.2, 0) is 19.5 Å². The minimum atomic E-state index is -0.0971. The predicted molar refractivity (Wildman–Crippen MR) is 123 cm³/mol. The van der Waals surface area contributed by atoms with Gasteiger partial charge >= 0.3 is 0 Å². The van der Waals surface area contributed by atoms with Crippen LogP contribution in [0.5, 0.6) is 0 Å². The maximum Gasteiger partial charge on any atom is 0 e. The first-order valence-electron chi connectivity index (χ1n) is 9.47. The van der Waals surface area contributed by atoms with Gasteiger partial charge in [-0.25, -0.2) is 0 Å². The first-order valence-corrected chi connectivity index (χ1v) is 9.47. The van der Waals surface area contributed by atoms with E-state index in [1.807, 2.05) is 62.4 Å². The fourth-order valence-corrected chi connectivity index (χ4v) is 2.85. The van der Waals surface area contributed by atoms with Crippen molar-refractivity contribution in [1.82, 2.24) is 0 Å². The second kappa shape index (κ2) is 12.7. The molecule has 6 nitrogen and oxygen atoms in total. The molecule has 0 aliphatic heterocycles. The standard InChI is InChI=1S/C14H10N2.C8H18N4.Rh/c15-13-11-7-3-1-5-9(11)10-6-2-4-8-12(10)14(13)16;1-7(9)5-11-3-4-12-6-8(2)10;/h1-8,15-16H;7-10H,3-6H2,1-2H3;/q-2;-4;/t;7-,8-;/m.1./s1. The summed E-state index contributed by atoms with van der Waals surface area (Å²) < 4.78 is 0. The molecule has 161 valence electrons. The predicted octanol–water partition coefficient (Wildman–Crippen LogP) is 7.97. The molecule has 2 atom stereocenters. The molecule has 3 aromatic carbocycles. The number of benzene rings is 3. The van der Waals surface area contributed by atoms with Gasteiger partial charge in [0, 0.05) is 19.5 Å². The fraction of sp³-hybridized carbons (Fsp3) is 0.364. The summed E-state index contributed by atoms with van der Waals surface area (Å²) in [6.07, 6.45) is 0. The van der Waals surface area contributed by atoms with Crippen LogP contribution in [0.3, 0.4) is 0 Å². The summed E-state index contributed by atoms with van der Waals surface area (Å²) in [5.41, 5.74) is 30.9. The molecule has 0 spiro atoms. The maximum atomic E-state index is 7.98. The molecular weight excluding hydrogens is 451 g/mol. The molecule has 0 fully saturated rings. The average Bonchev–Trinajstić information content (AvgIpc) is 2.69. The number of rotatable bonds is 7. The van der Waals surface area contributed by atoms with Crippen molar-refractivity contribution in [2.75, 3.05) is 26.2 Å². The van der Waals surface area contributed by atoms with E-state index in [4.69, 9.17) is 22.9 Å². The Balaban J connectivity index is 0.000000295. The average molecular weight is 479 g/mol. The zero-order valence-electron chi connectivity index (χ0n) is 16.8. The summed E-state index contributed by atoms with van der Waals surface area (Å²) in [5.74, 6) is 0. The fourth-order valence-electron chi connectivity index (χ4n) is 2.85. The minimum absolute atomic E-state index is 0. The monoisotopic (exact) mass is 479 g/mol. The molecule has 0 saturated heterocycles. The molecule has 3 aromatic rings. The molecule has 29 heavy (non-hydrogen) atoms.